The highest BCUT2D eigenvalue weighted by Gasteiger charge is 2.52. The molecule has 1 heterocycles. The zero-order valence-corrected chi connectivity index (χ0v) is 17.6. The van der Waals surface area contributed by atoms with E-state index in [0.29, 0.717) is 30.9 Å². The van der Waals surface area contributed by atoms with E-state index in [-0.39, 0.29) is 11.4 Å². The average molecular weight is 457 g/mol. The van der Waals surface area contributed by atoms with Crippen molar-refractivity contribution in [3.05, 3.63) is 53.4 Å². The third-order valence-corrected chi connectivity index (χ3v) is 5.96. The molecule has 2 aromatic rings. The van der Waals surface area contributed by atoms with Crippen LogP contribution in [0.5, 0.6) is 0 Å². The van der Waals surface area contributed by atoms with Gasteiger partial charge in [-0.1, -0.05) is 12.3 Å². The Morgan fingerprint density at radius 1 is 1.15 bits per heavy atom. The molecule has 1 atom stereocenters. The van der Waals surface area contributed by atoms with E-state index in [1.165, 1.54) is 18.5 Å². The molecule has 33 heavy (non-hydrogen) atoms. The van der Waals surface area contributed by atoms with Crippen molar-refractivity contribution in [1.82, 2.24) is 15.3 Å². The van der Waals surface area contributed by atoms with Gasteiger partial charge in [-0.25, -0.2) is 27.9 Å². The van der Waals surface area contributed by atoms with E-state index in [1.807, 2.05) is 0 Å². The monoisotopic (exact) mass is 457 g/mol. The third-order valence-electron chi connectivity index (χ3n) is 5.96. The molecule has 4 rings (SSSR count). The van der Waals surface area contributed by atoms with E-state index in [2.05, 4.69) is 32.4 Å². The summed E-state index contributed by atoms with van der Waals surface area (Å²) >= 11 is 0. The zero-order valence-electron chi connectivity index (χ0n) is 17.6. The highest BCUT2D eigenvalue weighted by atomic mass is 19.3. The van der Waals surface area contributed by atoms with Gasteiger partial charge < -0.3 is 16.4 Å². The molecule has 0 bridgehead atoms. The number of benzene rings is 1. The maximum absolute atomic E-state index is 14.8. The number of nitrogens with one attached hydrogen (secondary N) is 2. The van der Waals surface area contributed by atoms with E-state index < -0.39 is 41.2 Å². The van der Waals surface area contributed by atoms with Crippen LogP contribution in [0.3, 0.4) is 0 Å². The van der Waals surface area contributed by atoms with Crippen LogP contribution in [0.1, 0.15) is 53.8 Å². The first-order valence-corrected chi connectivity index (χ1v) is 10.6. The van der Waals surface area contributed by atoms with Gasteiger partial charge in [0, 0.05) is 17.2 Å². The lowest BCUT2D eigenvalue weighted by Gasteiger charge is -2.45. The molecular formula is C23H22F3N5O2. The zero-order chi connectivity index (χ0) is 23.6. The largest absolute Gasteiger partial charge is 0.352 e. The summed E-state index contributed by atoms with van der Waals surface area (Å²) in [5.41, 5.74) is 2.91. The summed E-state index contributed by atoms with van der Waals surface area (Å²) in [6.45, 7) is 0. The molecule has 3 amide bonds. The number of primary amides is 1. The Morgan fingerprint density at radius 3 is 2.45 bits per heavy atom. The van der Waals surface area contributed by atoms with Crippen molar-refractivity contribution in [2.45, 2.75) is 44.1 Å². The third kappa shape index (κ3) is 4.77. The number of nitrogens with two attached hydrogens (primary N) is 1. The lowest BCUT2D eigenvalue weighted by atomic mass is 9.67. The van der Waals surface area contributed by atoms with Gasteiger partial charge in [-0.05, 0) is 55.7 Å². The van der Waals surface area contributed by atoms with Crippen molar-refractivity contribution in [1.29, 1.82) is 0 Å². The van der Waals surface area contributed by atoms with Gasteiger partial charge in [0.15, 0.2) is 0 Å². The van der Waals surface area contributed by atoms with Gasteiger partial charge in [0.2, 0.25) is 0 Å². The highest BCUT2D eigenvalue weighted by molar-refractivity contribution is 6.02. The van der Waals surface area contributed by atoms with Crippen LogP contribution in [0.25, 0.3) is 0 Å². The average Bonchev–Trinajstić information content (AvgIpc) is 3.56. The first kappa shape index (κ1) is 22.6. The van der Waals surface area contributed by atoms with Crippen LogP contribution in [0.2, 0.25) is 0 Å². The molecule has 0 radical (unpaired) electrons. The van der Waals surface area contributed by atoms with Crippen molar-refractivity contribution in [3.63, 3.8) is 0 Å². The standard InChI is InChI=1S/C23H22F3N5O2/c24-18-9-8-15(10-17(18)23(21(25)26,31-22(27)33)14-2-1-3-14)30-20(32)19-12-28-16(11-29-19)7-6-13-4-5-13/h8-14,21H,1-5H2,(H,30,32)(H3,27,31,33)/t23-/m0/s1. The molecule has 2 fully saturated rings. The summed E-state index contributed by atoms with van der Waals surface area (Å²) in [5, 5.41) is 4.61. The molecule has 2 aliphatic rings. The molecule has 0 unspecified atom stereocenters. The number of carbonyl (C=O) groups is 2. The lowest BCUT2D eigenvalue weighted by molar-refractivity contribution is -0.0297. The van der Waals surface area contributed by atoms with Crippen LogP contribution < -0.4 is 16.4 Å². The molecule has 172 valence electrons. The van der Waals surface area contributed by atoms with Crippen LogP contribution in [0.4, 0.5) is 23.7 Å². The van der Waals surface area contributed by atoms with E-state index in [9.17, 15) is 22.8 Å². The van der Waals surface area contributed by atoms with Gasteiger partial charge >= 0.3 is 6.03 Å². The molecule has 1 aromatic heterocycles. The van der Waals surface area contributed by atoms with Crippen LogP contribution in [-0.4, -0.2) is 28.3 Å². The first-order valence-electron chi connectivity index (χ1n) is 10.6. The smallest absolute Gasteiger partial charge is 0.313 e. The summed E-state index contributed by atoms with van der Waals surface area (Å²) in [6, 6.07) is 2.11. The second kappa shape index (κ2) is 9.10. The molecule has 0 aliphatic heterocycles. The minimum absolute atomic E-state index is 0.0211. The number of carbonyl (C=O) groups excluding carboxylic acids is 2. The maximum Gasteiger partial charge on any atom is 0.313 e. The van der Waals surface area contributed by atoms with Crippen LogP contribution >= 0.6 is 0 Å². The Labute approximate surface area is 188 Å². The van der Waals surface area contributed by atoms with Crippen molar-refractivity contribution in [2.24, 2.45) is 17.6 Å². The highest BCUT2D eigenvalue weighted by Crippen LogP contribution is 2.47. The molecule has 2 saturated carbocycles. The van der Waals surface area contributed by atoms with Gasteiger partial charge in [0.25, 0.3) is 12.3 Å². The molecule has 10 heteroatoms. The second-order valence-corrected chi connectivity index (χ2v) is 8.27. The SMILES string of the molecule is NC(=O)N[C@@](c1cc(NC(=O)c2cnc(C#CC3CC3)cn2)ccc1F)(C(F)F)C1CCC1. The fraction of sp³-hybridized carbons (Fsp3) is 0.391. The normalized spacial score (nSPS) is 17.3. The van der Waals surface area contributed by atoms with Gasteiger partial charge in [-0.15, -0.1) is 0 Å². The van der Waals surface area contributed by atoms with Crippen molar-refractivity contribution in [3.8, 4) is 11.8 Å². The number of nitrogens with zero attached hydrogens (tertiary/aromatic N) is 2. The number of halogens is 3. The van der Waals surface area contributed by atoms with Gasteiger partial charge in [0.05, 0.1) is 12.4 Å². The summed E-state index contributed by atoms with van der Waals surface area (Å²) in [5.74, 6) is 4.03. The Hall–Kier alpha value is -3.61. The predicted molar refractivity (Wildman–Crippen MR) is 114 cm³/mol. The summed E-state index contributed by atoms with van der Waals surface area (Å²) in [4.78, 5) is 32.3. The van der Waals surface area contributed by atoms with Crippen molar-refractivity contribution < 1.29 is 22.8 Å². The predicted octanol–water partition coefficient (Wildman–Crippen LogP) is 3.56. The van der Waals surface area contributed by atoms with E-state index >= 15 is 0 Å². The Kier molecular flexibility index (Phi) is 6.22. The second-order valence-electron chi connectivity index (χ2n) is 8.27. The minimum atomic E-state index is -3.12. The molecule has 4 N–H and O–H groups in total. The number of amides is 3. The number of urea groups is 1. The molecule has 1 aromatic carbocycles. The van der Waals surface area contributed by atoms with E-state index in [0.717, 1.165) is 25.0 Å². The van der Waals surface area contributed by atoms with Crippen LogP contribution in [-0.2, 0) is 5.54 Å². The van der Waals surface area contributed by atoms with Crippen LogP contribution in [0.15, 0.2) is 30.6 Å². The topological polar surface area (TPSA) is 110 Å². The quantitative estimate of drug-likeness (QED) is 0.576. The molecule has 7 nitrogen and oxygen atoms in total. The number of rotatable bonds is 6. The number of anilines is 1. The number of aromatic nitrogens is 2. The number of hydrogen-bond donors (Lipinski definition) is 3. The fourth-order valence-corrected chi connectivity index (χ4v) is 3.84. The molecule has 0 saturated heterocycles. The Balaban J connectivity index is 1.59. The molecule has 0 spiro atoms. The van der Waals surface area contributed by atoms with Crippen LogP contribution in [0, 0.1) is 29.5 Å². The van der Waals surface area contributed by atoms with Gasteiger partial charge in [-0.2, -0.15) is 0 Å². The summed E-state index contributed by atoms with van der Waals surface area (Å²) in [7, 11) is 0. The maximum atomic E-state index is 14.8. The Bertz CT molecular complexity index is 1120. The number of alkyl halides is 2. The summed E-state index contributed by atoms with van der Waals surface area (Å²) < 4.78 is 43.4. The Morgan fingerprint density at radius 2 is 1.91 bits per heavy atom. The molecular weight excluding hydrogens is 435 g/mol. The summed E-state index contributed by atoms with van der Waals surface area (Å²) in [6.07, 6.45) is 3.09. The van der Waals surface area contributed by atoms with E-state index in [1.54, 1.807) is 0 Å². The minimum Gasteiger partial charge on any atom is -0.352 e. The van der Waals surface area contributed by atoms with Crippen molar-refractivity contribution in [2.75, 3.05) is 5.32 Å². The number of hydrogen-bond acceptors (Lipinski definition) is 4. The first-order chi connectivity index (χ1) is 15.8. The van der Waals surface area contributed by atoms with Gasteiger partial charge in [-0.3, -0.25) is 4.79 Å². The van der Waals surface area contributed by atoms with Crippen molar-refractivity contribution >= 4 is 17.6 Å². The van der Waals surface area contributed by atoms with E-state index in [4.69, 9.17) is 5.73 Å². The van der Waals surface area contributed by atoms with Gasteiger partial charge in [0.1, 0.15) is 22.7 Å². The molecule has 2 aliphatic carbocycles. The lowest BCUT2D eigenvalue weighted by Crippen LogP contribution is -2.59. The fourth-order valence-electron chi connectivity index (χ4n) is 3.84.